The van der Waals surface area contributed by atoms with Crippen LogP contribution in [0.5, 0.6) is 0 Å². The van der Waals surface area contributed by atoms with Crippen LogP contribution in [-0.2, 0) is 16.4 Å². The third-order valence-corrected chi connectivity index (χ3v) is 4.52. The molecule has 1 fully saturated rings. The fraction of sp³-hybridized carbons (Fsp3) is 0.727. The summed E-state index contributed by atoms with van der Waals surface area (Å²) in [5, 5.41) is 3.25. The maximum Gasteiger partial charge on any atom is 0.212 e. The van der Waals surface area contributed by atoms with Crippen molar-refractivity contribution in [1.82, 2.24) is 24.9 Å². The molecule has 0 unspecified atom stereocenters. The number of hydrogen-bond donors (Lipinski definition) is 3. The summed E-state index contributed by atoms with van der Waals surface area (Å²) in [6, 6.07) is 0. The van der Waals surface area contributed by atoms with E-state index >= 15 is 0 Å². The number of aromatic amines is 1. The fourth-order valence-corrected chi connectivity index (χ4v) is 3.07. The van der Waals surface area contributed by atoms with Crippen molar-refractivity contribution in [2.45, 2.75) is 6.42 Å². The molecule has 0 atom stereocenters. The second-order valence-corrected chi connectivity index (χ2v) is 6.56. The van der Waals surface area contributed by atoms with Crippen LogP contribution in [0.2, 0.25) is 0 Å². The molecule has 108 valence electrons. The monoisotopic (exact) mass is 287 g/mol. The molecule has 0 aromatic carbocycles. The summed E-state index contributed by atoms with van der Waals surface area (Å²) in [6.45, 7) is 4.72. The Morgan fingerprint density at radius 3 is 2.84 bits per heavy atom. The molecule has 0 aliphatic carbocycles. The SMILES string of the molecule is O=S(=O)(CCN1CCNCC1)NCCc1cnc[nH]1. The van der Waals surface area contributed by atoms with Gasteiger partial charge in [-0.1, -0.05) is 0 Å². The Morgan fingerprint density at radius 1 is 1.37 bits per heavy atom. The average Bonchev–Trinajstić information content (AvgIpc) is 2.91. The number of hydrogen-bond acceptors (Lipinski definition) is 5. The van der Waals surface area contributed by atoms with Gasteiger partial charge < -0.3 is 10.3 Å². The summed E-state index contributed by atoms with van der Waals surface area (Å²) < 4.78 is 26.3. The number of piperazine rings is 1. The van der Waals surface area contributed by atoms with Gasteiger partial charge in [-0.25, -0.2) is 18.1 Å². The highest BCUT2D eigenvalue weighted by Crippen LogP contribution is 1.95. The number of sulfonamides is 1. The molecule has 3 N–H and O–H groups in total. The van der Waals surface area contributed by atoms with E-state index in [2.05, 4.69) is 24.9 Å². The van der Waals surface area contributed by atoms with E-state index in [0.29, 0.717) is 19.5 Å². The highest BCUT2D eigenvalue weighted by Gasteiger charge is 2.14. The van der Waals surface area contributed by atoms with Crippen molar-refractivity contribution in [3.8, 4) is 0 Å². The standard InChI is InChI=1S/C11H21N5O2S/c17-19(18,8-7-16-5-3-12-4-6-16)15-2-1-11-9-13-10-14-11/h9-10,12,15H,1-8H2,(H,13,14). The van der Waals surface area contributed by atoms with E-state index in [-0.39, 0.29) is 5.75 Å². The Labute approximate surface area is 113 Å². The van der Waals surface area contributed by atoms with Crippen LogP contribution in [0.25, 0.3) is 0 Å². The number of aromatic nitrogens is 2. The van der Waals surface area contributed by atoms with E-state index in [4.69, 9.17) is 0 Å². The topological polar surface area (TPSA) is 90.1 Å². The Kier molecular flexibility index (Phi) is 5.32. The van der Waals surface area contributed by atoms with E-state index in [1.807, 2.05) is 0 Å². The van der Waals surface area contributed by atoms with Gasteiger partial charge in [-0.15, -0.1) is 0 Å². The maximum atomic E-state index is 11.8. The summed E-state index contributed by atoms with van der Waals surface area (Å²) in [6.07, 6.45) is 3.93. The van der Waals surface area contributed by atoms with Gasteiger partial charge in [0.25, 0.3) is 0 Å². The van der Waals surface area contributed by atoms with Crippen LogP contribution in [0.3, 0.4) is 0 Å². The average molecular weight is 287 g/mol. The number of rotatable bonds is 7. The molecule has 1 aliphatic heterocycles. The maximum absolute atomic E-state index is 11.8. The minimum absolute atomic E-state index is 0.163. The van der Waals surface area contributed by atoms with Gasteiger partial charge in [-0.3, -0.25) is 4.90 Å². The molecule has 0 saturated carbocycles. The minimum atomic E-state index is -3.18. The molecular weight excluding hydrogens is 266 g/mol. The molecule has 1 aromatic rings. The van der Waals surface area contributed by atoms with Gasteiger partial charge >= 0.3 is 0 Å². The van der Waals surface area contributed by atoms with Crippen LogP contribution in [0.4, 0.5) is 0 Å². The lowest BCUT2D eigenvalue weighted by Crippen LogP contribution is -2.46. The van der Waals surface area contributed by atoms with Gasteiger partial charge in [-0.05, 0) is 0 Å². The van der Waals surface area contributed by atoms with E-state index in [0.717, 1.165) is 31.9 Å². The first-order chi connectivity index (χ1) is 9.16. The fourth-order valence-electron chi connectivity index (χ4n) is 2.02. The Hall–Kier alpha value is -0.960. The molecule has 7 nitrogen and oxygen atoms in total. The van der Waals surface area contributed by atoms with Gasteiger partial charge in [0.2, 0.25) is 10.0 Å². The van der Waals surface area contributed by atoms with Crippen LogP contribution < -0.4 is 10.0 Å². The first kappa shape index (κ1) is 14.4. The van der Waals surface area contributed by atoms with Crippen LogP contribution in [0, 0.1) is 0 Å². The lowest BCUT2D eigenvalue weighted by molar-refractivity contribution is 0.253. The molecule has 8 heteroatoms. The highest BCUT2D eigenvalue weighted by atomic mass is 32.2. The third kappa shape index (κ3) is 5.27. The van der Waals surface area contributed by atoms with Crippen molar-refractivity contribution < 1.29 is 8.42 Å². The molecule has 1 aromatic heterocycles. The van der Waals surface area contributed by atoms with Crippen LogP contribution in [-0.4, -0.2) is 68.3 Å². The Bertz CT molecular complexity index is 453. The molecule has 0 spiro atoms. The predicted octanol–water partition coefficient (Wildman–Crippen LogP) is -1.22. The Morgan fingerprint density at radius 2 is 2.16 bits per heavy atom. The molecular formula is C11H21N5O2S. The predicted molar refractivity (Wildman–Crippen MR) is 73.4 cm³/mol. The summed E-state index contributed by atoms with van der Waals surface area (Å²) in [5.41, 5.74) is 0.935. The van der Waals surface area contributed by atoms with Crippen molar-refractivity contribution in [3.63, 3.8) is 0 Å². The van der Waals surface area contributed by atoms with E-state index in [9.17, 15) is 8.42 Å². The molecule has 2 heterocycles. The zero-order valence-electron chi connectivity index (χ0n) is 10.9. The van der Waals surface area contributed by atoms with E-state index in [1.165, 1.54) is 0 Å². The number of imidazole rings is 1. The summed E-state index contributed by atoms with van der Waals surface area (Å²) in [4.78, 5) is 9.01. The number of nitrogens with zero attached hydrogens (tertiary/aromatic N) is 2. The molecule has 0 bridgehead atoms. The van der Waals surface area contributed by atoms with Gasteiger partial charge in [-0.2, -0.15) is 0 Å². The van der Waals surface area contributed by atoms with Gasteiger partial charge in [0, 0.05) is 57.6 Å². The van der Waals surface area contributed by atoms with E-state index < -0.39 is 10.0 Å². The smallest absolute Gasteiger partial charge is 0.212 e. The van der Waals surface area contributed by atoms with Crippen molar-refractivity contribution in [3.05, 3.63) is 18.2 Å². The Balaban J connectivity index is 1.66. The lowest BCUT2D eigenvalue weighted by Gasteiger charge is -2.26. The van der Waals surface area contributed by atoms with Crippen molar-refractivity contribution in [2.75, 3.05) is 45.0 Å². The summed E-state index contributed by atoms with van der Waals surface area (Å²) >= 11 is 0. The van der Waals surface area contributed by atoms with Crippen LogP contribution in [0.1, 0.15) is 5.69 Å². The largest absolute Gasteiger partial charge is 0.348 e. The molecule has 0 amide bonds. The quantitative estimate of drug-likeness (QED) is 0.585. The molecule has 1 aliphatic rings. The van der Waals surface area contributed by atoms with Crippen molar-refractivity contribution in [1.29, 1.82) is 0 Å². The third-order valence-electron chi connectivity index (χ3n) is 3.16. The second-order valence-electron chi connectivity index (χ2n) is 4.63. The minimum Gasteiger partial charge on any atom is -0.348 e. The van der Waals surface area contributed by atoms with Gasteiger partial charge in [0.1, 0.15) is 0 Å². The van der Waals surface area contributed by atoms with Crippen LogP contribution in [0.15, 0.2) is 12.5 Å². The second kappa shape index (κ2) is 6.99. The van der Waals surface area contributed by atoms with Gasteiger partial charge in [0.15, 0.2) is 0 Å². The molecule has 19 heavy (non-hydrogen) atoms. The van der Waals surface area contributed by atoms with Crippen LogP contribution >= 0.6 is 0 Å². The highest BCUT2D eigenvalue weighted by molar-refractivity contribution is 7.89. The molecule has 0 radical (unpaired) electrons. The van der Waals surface area contributed by atoms with Crippen molar-refractivity contribution >= 4 is 10.0 Å². The van der Waals surface area contributed by atoms with E-state index in [1.54, 1.807) is 12.5 Å². The number of nitrogens with one attached hydrogen (secondary N) is 3. The first-order valence-corrected chi connectivity index (χ1v) is 8.19. The zero-order chi connectivity index (χ0) is 13.6. The summed E-state index contributed by atoms with van der Waals surface area (Å²) in [5.74, 6) is 0.163. The molecule has 2 rings (SSSR count). The normalized spacial score (nSPS) is 17.7. The first-order valence-electron chi connectivity index (χ1n) is 6.53. The lowest BCUT2D eigenvalue weighted by atomic mass is 10.3. The van der Waals surface area contributed by atoms with Gasteiger partial charge in [0.05, 0.1) is 12.1 Å². The number of H-pyrrole nitrogens is 1. The molecule has 1 saturated heterocycles. The van der Waals surface area contributed by atoms with Crippen molar-refractivity contribution in [2.24, 2.45) is 0 Å². The zero-order valence-corrected chi connectivity index (χ0v) is 11.7. The summed E-state index contributed by atoms with van der Waals surface area (Å²) in [7, 11) is -3.18.